The fourth-order valence-corrected chi connectivity index (χ4v) is 5.69. The number of rotatable bonds is 4. The molecule has 0 N–H and O–H groups in total. The molecule has 3 aliphatic carbocycles. The van der Waals surface area contributed by atoms with Crippen LogP contribution in [0, 0.1) is 11.8 Å². The predicted octanol–water partition coefficient (Wildman–Crippen LogP) is 2.82. The Balaban J connectivity index is 0.000000152. The van der Waals surface area contributed by atoms with Crippen LogP contribution in [0.5, 0.6) is 0 Å². The maximum absolute atomic E-state index is 12.1. The van der Waals surface area contributed by atoms with E-state index < -0.39 is 0 Å². The summed E-state index contributed by atoms with van der Waals surface area (Å²) in [5.41, 5.74) is 0. The average molecular weight is 433 g/mol. The van der Waals surface area contributed by atoms with Crippen LogP contribution >= 0.6 is 0 Å². The molecule has 0 aromatic rings. The number of hydrogen-bond donors (Lipinski definition) is 0. The SMILES string of the molecule is CCN1CCN(C(=O)C2CCC2)CC1.O=C(C1CCC1)N1CCN(C2CCCC2)CC1. The van der Waals surface area contributed by atoms with Crippen LogP contribution in [0.25, 0.3) is 0 Å². The Morgan fingerprint density at radius 3 is 1.45 bits per heavy atom. The summed E-state index contributed by atoms with van der Waals surface area (Å²) in [6.45, 7) is 11.5. The summed E-state index contributed by atoms with van der Waals surface area (Å²) >= 11 is 0. The van der Waals surface area contributed by atoms with E-state index in [1.165, 1.54) is 38.5 Å². The zero-order valence-corrected chi connectivity index (χ0v) is 19.8. The Morgan fingerprint density at radius 2 is 1.06 bits per heavy atom. The largest absolute Gasteiger partial charge is 0.340 e. The smallest absolute Gasteiger partial charge is 0.225 e. The van der Waals surface area contributed by atoms with Gasteiger partial charge in [0.1, 0.15) is 0 Å². The lowest BCUT2D eigenvalue weighted by Gasteiger charge is -2.40. The molecule has 0 spiro atoms. The highest BCUT2D eigenvalue weighted by Crippen LogP contribution is 2.30. The van der Waals surface area contributed by atoms with E-state index in [1.54, 1.807) is 0 Å². The molecule has 2 saturated heterocycles. The van der Waals surface area contributed by atoms with Gasteiger partial charge in [0, 0.05) is 70.2 Å². The molecule has 0 aromatic carbocycles. The third-order valence-corrected chi connectivity index (χ3v) is 8.51. The second-order valence-corrected chi connectivity index (χ2v) is 10.3. The highest BCUT2D eigenvalue weighted by molar-refractivity contribution is 5.80. The van der Waals surface area contributed by atoms with Crippen molar-refractivity contribution in [2.75, 3.05) is 58.9 Å². The molecule has 31 heavy (non-hydrogen) atoms. The van der Waals surface area contributed by atoms with Gasteiger partial charge in [0.2, 0.25) is 11.8 Å². The minimum absolute atomic E-state index is 0.378. The van der Waals surface area contributed by atoms with Gasteiger partial charge in [0.15, 0.2) is 0 Å². The lowest BCUT2D eigenvalue weighted by molar-refractivity contribution is -0.140. The van der Waals surface area contributed by atoms with Gasteiger partial charge < -0.3 is 14.7 Å². The molecule has 6 heteroatoms. The molecule has 0 atom stereocenters. The van der Waals surface area contributed by atoms with Crippen molar-refractivity contribution in [3.05, 3.63) is 0 Å². The third kappa shape index (κ3) is 5.81. The number of hydrogen-bond acceptors (Lipinski definition) is 4. The average Bonchev–Trinajstić information content (AvgIpc) is 3.27. The topological polar surface area (TPSA) is 47.1 Å². The molecule has 0 aromatic heterocycles. The maximum atomic E-state index is 12.1. The molecule has 0 radical (unpaired) electrons. The van der Waals surface area contributed by atoms with Gasteiger partial charge >= 0.3 is 0 Å². The van der Waals surface area contributed by atoms with Gasteiger partial charge in [-0.15, -0.1) is 0 Å². The van der Waals surface area contributed by atoms with Crippen molar-refractivity contribution < 1.29 is 9.59 Å². The van der Waals surface area contributed by atoms with Gasteiger partial charge in [-0.25, -0.2) is 0 Å². The van der Waals surface area contributed by atoms with Gasteiger partial charge in [0.25, 0.3) is 0 Å². The van der Waals surface area contributed by atoms with E-state index in [9.17, 15) is 9.59 Å². The quantitative estimate of drug-likeness (QED) is 0.685. The summed E-state index contributed by atoms with van der Waals surface area (Å²) in [6, 6.07) is 0.830. The summed E-state index contributed by atoms with van der Waals surface area (Å²) in [5, 5.41) is 0. The Hall–Kier alpha value is -1.14. The summed E-state index contributed by atoms with van der Waals surface area (Å²) < 4.78 is 0. The van der Waals surface area contributed by atoms with E-state index in [-0.39, 0.29) is 0 Å². The lowest BCUT2D eigenvalue weighted by Crippen LogP contribution is -2.53. The zero-order valence-electron chi connectivity index (χ0n) is 19.8. The Kier molecular flexibility index (Phi) is 8.27. The van der Waals surface area contributed by atoms with Crippen molar-refractivity contribution in [1.29, 1.82) is 0 Å². The second-order valence-electron chi connectivity index (χ2n) is 10.3. The number of amides is 2. The molecular formula is C25H44N4O2. The minimum atomic E-state index is 0.378. The van der Waals surface area contributed by atoms with E-state index in [0.29, 0.717) is 23.7 Å². The van der Waals surface area contributed by atoms with Crippen molar-refractivity contribution in [2.45, 2.75) is 77.2 Å². The summed E-state index contributed by atoms with van der Waals surface area (Å²) in [6.07, 6.45) is 12.7. The number of carbonyl (C=O) groups is 2. The van der Waals surface area contributed by atoms with E-state index in [0.717, 1.165) is 90.6 Å². The van der Waals surface area contributed by atoms with Crippen LogP contribution in [0.4, 0.5) is 0 Å². The number of carbonyl (C=O) groups excluding carboxylic acids is 2. The molecule has 0 bridgehead atoms. The van der Waals surface area contributed by atoms with Crippen molar-refractivity contribution in [3.8, 4) is 0 Å². The summed E-state index contributed by atoms with van der Waals surface area (Å²) in [5.74, 6) is 1.63. The van der Waals surface area contributed by atoms with Crippen molar-refractivity contribution in [1.82, 2.24) is 19.6 Å². The van der Waals surface area contributed by atoms with Gasteiger partial charge in [0.05, 0.1) is 0 Å². The van der Waals surface area contributed by atoms with Crippen LogP contribution in [-0.2, 0) is 9.59 Å². The van der Waals surface area contributed by atoms with Crippen LogP contribution < -0.4 is 0 Å². The molecule has 2 aliphatic heterocycles. The predicted molar refractivity (Wildman–Crippen MR) is 124 cm³/mol. The third-order valence-electron chi connectivity index (χ3n) is 8.51. The van der Waals surface area contributed by atoms with Gasteiger partial charge in [-0.3, -0.25) is 14.5 Å². The molecule has 3 saturated carbocycles. The molecule has 5 fully saturated rings. The summed E-state index contributed by atoms with van der Waals surface area (Å²) in [4.78, 5) is 33.2. The molecule has 5 aliphatic rings. The van der Waals surface area contributed by atoms with Crippen LogP contribution in [-0.4, -0.2) is 96.4 Å². The maximum Gasteiger partial charge on any atom is 0.225 e. The standard InChI is InChI=1S/C14H24N2O.C11H20N2O/c17-14(12-4-3-5-12)16-10-8-15(9-11-16)13-6-1-2-7-13;1-2-12-6-8-13(9-7-12)11(14)10-4-3-5-10/h12-13H,1-11H2;10H,2-9H2,1H3. The van der Waals surface area contributed by atoms with Crippen LogP contribution in [0.3, 0.4) is 0 Å². The van der Waals surface area contributed by atoms with Gasteiger partial charge in [-0.2, -0.15) is 0 Å². The first-order valence-corrected chi connectivity index (χ1v) is 13.2. The first-order chi connectivity index (χ1) is 15.2. The van der Waals surface area contributed by atoms with Crippen LogP contribution in [0.1, 0.15) is 71.1 Å². The Bertz CT molecular complexity index is 582. The van der Waals surface area contributed by atoms with Gasteiger partial charge in [-0.05, 0) is 45.1 Å². The van der Waals surface area contributed by atoms with Crippen molar-refractivity contribution in [2.24, 2.45) is 11.8 Å². The second kappa shape index (κ2) is 11.1. The molecule has 2 heterocycles. The number of likely N-dealkylation sites (N-methyl/N-ethyl adjacent to an activating group) is 1. The molecule has 0 unspecified atom stereocenters. The van der Waals surface area contributed by atoms with E-state index in [2.05, 4.69) is 26.5 Å². The monoisotopic (exact) mass is 432 g/mol. The summed E-state index contributed by atoms with van der Waals surface area (Å²) in [7, 11) is 0. The first kappa shape index (κ1) is 23.0. The van der Waals surface area contributed by atoms with Crippen LogP contribution in [0.2, 0.25) is 0 Å². The van der Waals surface area contributed by atoms with Crippen LogP contribution in [0.15, 0.2) is 0 Å². The van der Waals surface area contributed by atoms with Crippen molar-refractivity contribution in [3.63, 3.8) is 0 Å². The van der Waals surface area contributed by atoms with E-state index >= 15 is 0 Å². The molecule has 2 amide bonds. The zero-order chi connectivity index (χ0) is 21.6. The fourth-order valence-electron chi connectivity index (χ4n) is 5.69. The molecular weight excluding hydrogens is 388 g/mol. The lowest BCUT2D eigenvalue weighted by atomic mass is 9.84. The first-order valence-electron chi connectivity index (χ1n) is 13.2. The fraction of sp³-hybridized carbons (Fsp3) is 0.920. The number of piperazine rings is 2. The highest BCUT2D eigenvalue weighted by Gasteiger charge is 2.33. The van der Waals surface area contributed by atoms with Crippen molar-refractivity contribution >= 4 is 11.8 Å². The van der Waals surface area contributed by atoms with E-state index in [4.69, 9.17) is 0 Å². The minimum Gasteiger partial charge on any atom is -0.340 e. The Labute approximate surface area is 189 Å². The molecule has 176 valence electrons. The highest BCUT2D eigenvalue weighted by atomic mass is 16.2. The molecule has 5 rings (SSSR count). The van der Waals surface area contributed by atoms with Gasteiger partial charge in [-0.1, -0.05) is 32.6 Å². The Morgan fingerprint density at radius 1 is 0.613 bits per heavy atom. The molecule has 6 nitrogen and oxygen atoms in total. The normalized spacial score (nSPS) is 26.7. The number of nitrogens with zero attached hydrogens (tertiary/aromatic N) is 4. The van der Waals surface area contributed by atoms with E-state index in [1.807, 2.05) is 0 Å².